The molecule has 0 saturated carbocycles. The normalized spacial score (nSPS) is 31.5. The third-order valence-electron chi connectivity index (χ3n) is 3.88. The Hall–Kier alpha value is -1.16. The van der Waals surface area contributed by atoms with Crippen molar-refractivity contribution in [1.82, 2.24) is 10.3 Å². The number of aromatic nitrogens is 1. The summed E-state index contributed by atoms with van der Waals surface area (Å²) < 4.78 is 18.3. The molecule has 0 aliphatic carbocycles. The Morgan fingerprint density at radius 2 is 2.18 bits per heavy atom. The number of nitrogens with zero attached hydrogens (tertiary/aromatic N) is 1. The molecule has 1 aromatic heterocycles. The average Bonchev–Trinajstić information content (AvgIpc) is 2.73. The van der Waals surface area contributed by atoms with Crippen LogP contribution in [0.3, 0.4) is 0 Å². The van der Waals surface area contributed by atoms with Crippen LogP contribution in [0.1, 0.15) is 25.7 Å². The summed E-state index contributed by atoms with van der Waals surface area (Å²) in [7, 11) is 0. The van der Waals surface area contributed by atoms with Crippen molar-refractivity contribution in [2.45, 2.75) is 37.8 Å². The maximum absolute atomic E-state index is 12.7. The van der Waals surface area contributed by atoms with Crippen LogP contribution in [0.4, 0.5) is 4.39 Å². The topological polar surface area (TPSA) is 34.1 Å². The van der Waals surface area contributed by atoms with Gasteiger partial charge in [0.25, 0.3) is 0 Å². The van der Waals surface area contributed by atoms with Crippen molar-refractivity contribution in [2.24, 2.45) is 5.92 Å². The quantitative estimate of drug-likeness (QED) is 0.873. The Labute approximate surface area is 100 Å². The van der Waals surface area contributed by atoms with Gasteiger partial charge in [0.2, 0.25) is 5.88 Å². The highest BCUT2D eigenvalue weighted by atomic mass is 19.1. The molecule has 1 N–H and O–H groups in total. The Balaban J connectivity index is 1.55. The molecule has 3 heterocycles. The van der Waals surface area contributed by atoms with Gasteiger partial charge in [0, 0.05) is 24.1 Å². The molecule has 17 heavy (non-hydrogen) atoms. The first kappa shape index (κ1) is 11.0. The fraction of sp³-hybridized carbons (Fsp3) is 0.615. The summed E-state index contributed by atoms with van der Waals surface area (Å²) >= 11 is 0. The standard InChI is InChI=1S/C13H17FN2O/c14-10-2-6-13(15-7-10)17-8-9-1-3-11-4-5-12(9)16-11/h2,6-7,9,11-12,16H,1,3-5,8H2/t9-,11-,12-/m0/s1. The molecule has 0 radical (unpaired) electrons. The highest BCUT2D eigenvalue weighted by molar-refractivity contribution is 5.10. The van der Waals surface area contributed by atoms with Gasteiger partial charge in [-0.25, -0.2) is 9.37 Å². The second-order valence-corrected chi connectivity index (χ2v) is 5.01. The summed E-state index contributed by atoms with van der Waals surface area (Å²) in [4.78, 5) is 3.91. The van der Waals surface area contributed by atoms with Crippen LogP contribution in [0.25, 0.3) is 0 Å². The number of nitrogens with one attached hydrogen (secondary N) is 1. The lowest BCUT2D eigenvalue weighted by Crippen LogP contribution is -2.42. The first-order valence-corrected chi connectivity index (χ1v) is 6.31. The first-order chi connectivity index (χ1) is 8.31. The van der Waals surface area contributed by atoms with Gasteiger partial charge in [-0.3, -0.25) is 0 Å². The number of hydrogen-bond acceptors (Lipinski definition) is 3. The molecule has 2 bridgehead atoms. The van der Waals surface area contributed by atoms with Crippen molar-refractivity contribution in [3.63, 3.8) is 0 Å². The second kappa shape index (κ2) is 4.61. The van der Waals surface area contributed by atoms with E-state index in [9.17, 15) is 4.39 Å². The van der Waals surface area contributed by atoms with E-state index in [0.717, 1.165) is 6.04 Å². The van der Waals surface area contributed by atoms with Gasteiger partial charge >= 0.3 is 0 Å². The molecule has 3 nitrogen and oxygen atoms in total. The van der Waals surface area contributed by atoms with E-state index >= 15 is 0 Å². The predicted octanol–water partition coefficient (Wildman–Crippen LogP) is 2.13. The molecule has 3 atom stereocenters. The van der Waals surface area contributed by atoms with E-state index in [2.05, 4.69) is 10.3 Å². The van der Waals surface area contributed by atoms with Gasteiger partial charge in [0.05, 0.1) is 12.8 Å². The van der Waals surface area contributed by atoms with Gasteiger partial charge in [0.15, 0.2) is 0 Å². The minimum atomic E-state index is -0.324. The van der Waals surface area contributed by atoms with Crippen molar-refractivity contribution in [3.05, 3.63) is 24.1 Å². The molecule has 2 aliphatic rings. The Bertz CT molecular complexity index is 382. The van der Waals surface area contributed by atoms with E-state index in [0.29, 0.717) is 24.4 Å². The number of rotatable bonds is 3. The van der Waals surface area contributed by atoms with Crippen molar-refractivity contribution in [3.8, 4) is 5.88 Å². The zero-order valence-corrected chi connectivity index (χ0v) is 9.73. The molecule has 0 aromatic carbocycles. The van der Waals surface area contributed by atoms with Gasteiger partial charge in [0.1, 0.15) is 5.82 Å². The maximum atomic E-state index is 12.7. The largest absolute Gasteiger partial charge is 0.477 e. The summed E-state index contributed by atoms with van der Waals surface area (Å²) in [6.45, 7) is 0.684. The van der Waals surface area contributed by atoms with Crippen LogP contribution in [-0.4, -0.2) is 23.7 Å². The van der Waals surface area contributed by atoms with Crippen LogP contribution in [0, 0.1) is 11.7 Å². The number of ether oxygens (including phenoxy) is 1. The minimum absolute atomic E-state index is 0.324. The fourth-order valence-electron chi connectivity index (χ4n) is 2.91. The molecule has 2 aliphatic heterocycles. The number of halogens is 1. The Morgan fingerprint density at radius 3 is 3.00 bits per heavy atom. The van der Waals surface area contributed by atoms with Gasteiger partial charge in [-0.1, -0.05) is 0 Å². The highest BCUT2D eigenvalue weighted by Crippen LogP contribution is 2.31. The molecule has 92 valence electrons. The molecule has 0 unspecified atom stereocenters. The van der Waals surface area contributed by atoms with Crippen LogP contribution < -0.4 is 10.1 Å². The molecule has 0 spiro atoms. The zero-order chi connectivity index (χ0) is 11.7. The fourth-order valence-corrected chi connectivity index (χ4v) is 2.91. The third kappa shape index (κ3) is 2.41. The van der Waals surface area contributed by atoms with Crippen LogP contribution in [0.5, 0.6) is 5.88 Å². The minimum Gasteiger partial charge on any atom is -0.477 e. The van der Waals surface area contributed by atoms with E-state index in [4.69, 9.17) is 4.74 Å². The van der Waals surface area contributed by atoms with E-state index in [-0.39, 0.29) is 5.82 Å². The summed E-state index contributed by atoms with van der Waals surface area (Å²) in [6.07, 6.45) is 6.23. The van der Waals surface area contributed by atoms with E-state index in [1.807, 2.05) is 0 Å². The van der Waals surface area contributed by atoms with Crippen molar-refractivity contribution in [2.75, 3.05) is 6.61 Å². The van der Waals surface area contributed by atoms with Crippen LogP contribution in [-0.2, 0) is 0 Å². The molecule has 1 aromatic rings. The SMILES string of the molecule is Fc1ccc(OC[C@@H]2CC[C@H]3CC[C@@H]2N3)nc1. The Morgan fingerprint density at radius 1 is 1.29 bits per heavy atom. The van der Waals surface area contributed by atoms with E-state index in [1.54, 1.807) is 6.07 Å². The van der Waals surface area contributed by atoms with Gasteiger partial charge in [-0.05, 0) is 31.7 Å². The van der Waals surface area contributed by atoms with E-state index < -0.39 is 0 Å². The monoisotopic (exact) mass is 236 g/mol. The molecule has 4 heteroatoms. The number of pyridine rings is 1. The first-order valence-electron chi connectivity index (χ1n) is 6.31. The average molecular weight is 236 g/mol. The number of fused-ring (bicyclic) bond motifs is 2. The zero-order valence-electron chi connectivity index (χ0n) is 9.73. The lowest BCUT2D eigenvalue weighted by atomic mass is 9.93. The van der Waals surface area contributed by atoms with Crippen LogP contribution >= 0.6 is 0 Å². The molecule has 2 saturated heterocycles. The highest BCUT2D eigenvalue weighted by Gasteiger charge is 2.35. The summed E-state index contributed by atoms with van der Waals surface area (Å²) in [6, 6.07) is 4.31. The second-order valence-electron chi connectivity index (χ2n) is 5.01. The molecule has 2 fully saturated rings. The summed E-state index contributed by atoms with van der Waals surface area (Å²) in [5.41, 5.74) is 0. The van der Waals surface area contributed by atoms with Crippen LogP contribution in [0.15, 0.2) is 18.3 Å². The molecule has 3 rings (SSSR count). The summed E-state index contributed by atoms with van der Waals surface area (Å²) in [5.74, 6) is 0.766. The summed E-state index contributed by atoms with van der Waals surface area (Å²) in [5, 5.41) is 3.63. The smallest absolute Gasteiger partial charge is 0.213 e. The van der Waals surface area contributed by atoms with Gasteiger partial charge in [-0.15, -0.1) is 0 Å². The van der Waals surface area contributed by atoms with Crippen LogP contribution in [0.2, 0.25) is 0 Å². The van der Waals surface area contributed by atoms with Gasteiger partial charge in [-0.2, -0.15) is 0 Å². The number of piperidine rings is 1. The predicted molar refractivity (Wildman–Crippen MR) is 62.4 cm³/mol. The molecule has 0 amide bonds. The maximum Gasteiger partial charge on any atom is 0.213 e. The van der Waals surface area contributed by atoms with Gasteiger partial charge < -0.3 is 10.1 Å². The lowest BCUT2D eigenvalue weighted by Gasteiger charge is -2.29. The lowest BCUT2D eigenvalue weighted by molar-refractivity contribution is 0.177. The van der Waals surface area contributed by atoms with Crippen molar-refractivity contribution < 1.29 is 9.13 Å². The molecular weight excluding hydrogens is 219 g/mol. The van der Waals surface area contributed by atoms with Crippen molar-refractivity contribution in [1.29, 1.82) is 0 Å². The molecular formula is C13H17FN2O. The third-order valence-corrected chi connectivity index (χ3v) is 3.88. The van der Waals surface area contributed by atoms with Crippen molar-refractivity contribution >= 4 is 0 Å². The van der Waals surface area contributed by atoms with E-state index in [1.165, 1.54) is 37.9 Å². The number of hydrogen-bond donors (Lipinski definition) is 1. The Kier molecular flexibility index (Phi) is 2.97.